The highest BCUT2D eigenvalue weighted by Gasteiger charge is 2.23. The van der Waals surface area contributed by atoms with E-state index in [2.05, 4.69) is 5.32 Å². The maximum atomic E-state index is 12.3. The largest absolute Gasteiger partial charge is 0.480 e. The molecule has 0 aromatic heterocycles. The lowest BCUT2D eigenvalue weighted by Gasteiger charge is -2.22. The Labute approximate surface area is 112 Å². The first-order valence-corrected chi connectivity index (χ1v) is 6.47. The topological polar surface area (TPSA) is 69.6 Å². The maximum Gasteiger partial charge on any atom is 0.323 e. The molecule has 2 N–H and O–H groups in total. The van der Waals surface area contributed by atoms with E-state index in [0.29, 0.717) is 12.1 Å². The fraction of sp³-hybridized carbons (Fsp3) is 0.429. The molecule has 1 aromatic carbocycles. The van der Waals surface area contributed by atoms with E-state index in [1.807, 2.05) is 6.07 Å². The number of nitrogens with one attached hydrogen (secondary N) is 1. The molecule has 5 heteroatoms. The number of carbonyl (C=O) groups is 2. The lowest BCUT2D eigenvalue weighted by Crippen LogP contribution is -2.39. The van der Waals surface area contributed by atoms with Crippen LogP contribution >= 0.6 is 0 Å². The number of nitrogens with zero attached hydrogens (tertiary/aromatic N) is 1. The second-order valence-electron chi connectivity index (χ2n) is 4.71. The molecule has 2 rings (SSSR count). The van der Waals surface area contributed by atoms with Crippen molar-refractivity contribution in [3.63, 3.8) is 0 Å². The first-order valence-electron chi connectivity index (χ1n) is 6.47. The summed E-state index contributed by atoms with van der Waals surface area (Å²) in [5.74, 6) is -1.15. The fourth-order valence-corrected chi connectivity index (χ4v) is 2.32. The van der Waals surface area contributed by atoms with Crippen molar-refractivity contribution in [1.82, 2.24) is 5.32 Å². The number of aliphatic carboxylic acids is 1. The molecular formula is C14H18N2O3. The molecule has 1 fully saturated rings. The Balaban J connectivity index is 2.08. The summed E-state index contributed by atoms with van der Waals surface area (Å²) in [6.45, 7) is 0.637. The third kappa shape index (κ3) is 3.79. The number of rotatable bonds is 5. The molecule has 1 aliphatic rings. The molecule has 0 spiro atoms. The van der Waals surface area contributed by atoms with Gasteiger partial charge in [-0.3, -0.25) is 9.59 Å². The van der Waals surface area contributed by atoms with Gasteiger partial charge in [-0.25, -0.2) is 0 Å². The zero-order valence-corrected chi connectivity index (χ0v) is 10.7. The van der Waals surface area contributed by atoms with Crippen LogP contribution in [0, 0.1) is 0 Å². The molecule has 1 aromatic rings. The summed E-state index contributed by atoms with van der Waals surface area (Å²) < 4.78 is 0. The van der Waals surface area contributed by atoms with Gasteiger partial charge in [-0.2, -0.15) is 0 Å². The van der Waals surface area contributed by atoms with Crippen molar-refractivity contribution in [2.75, 3.05) is 18.0 Å². The third-order valence-corrected chi connectivity index (χ3v) is 3.25. The summed E-state index contributed by atoms with van der Waals surface area (Å²) in [7, 11) is 0. The maximum absolute atomic E-state index is 12.3. The van der Waals surface area contributed by atoms with Crippen LogP contribution < -0.4 is 10.2 Å². The van der Waals surface area contributed by atoms with Crippen LogP contribution in [0.15, 0.2) is 30.3 Å². The van der Waals surface area contributed by atoms with Crippen LogP contribution in [-0.2, 0) is 9.59 Å². The Morgan fingerprint density at radius 1 is 1.32 bits per heavy atom. The van der Waals surface area contributed by atoms with Gasteiger partial charge in [0.1, 0.15) is 6.54 Å². The van der Waals surface area contributed by atoms with E-state index in [9.17, 15) is 9.59 Å². The molecule has 5 nitrogen and oxygen atoms in total. The van der Waals surface area contributed by atoms with Gasteiger partial charge in [-0.05, 0) is 31.5 Å². The lowest BCUT2D eigenvalue weighted by molar-refractivity contribution is -0.136. The van der Waals surface area contributed by atoms with Gasteiger partial charge < -0.3 is 15.3 Å². The SMILES string of the molecule is O=C(O)CN(C(=O)CC1CCCN1)c1ccccc1. The number of carboxylic acids is 1. The second-order valence-corrected chi connectivity index (χ2v) is 4.71. The van der Waals surface area contributed by atoms with Crippen molar-refractivity contribution >= 4 is 17.6 Å². The van der Waals surface area contributed by atoms with Crippen molar-refractivity contribution in [2.45, 2.75) is 25.3 Å². The van der Waals surface area contributed by atoms with Gasteiger partial charge in [0.15, 0.2) is 0 Å². The Morgan fingerprint density at radius 3 is 2.63 bits per heavy atom. The summed E-state index contributed by atoms with van der Waals surface area (Å²) in [5, 5.41) is 12.2. The fourth-order valence-electron chi connectivity index (χ4n) is 2.32. The zero-order chi connectivity index (χ0) is 13.7. The van der Waals surface area contributed by atoms with Crippen molar-refractivity contribution in [3.05, 3.63) is 30.3 Å². The van der Waals surface area contributed by atoms with Gasteiger partial charge in [0, 0.05) is 18.2 Å². The quantitative estimate of drug-likeness (QED) is 0.837. The van der Waals surface area contributed by atoms with Gasteiger partial charge >= 0.3 is 5.97 Å². The molecule has 1 heterocycles. The Morgan fingerprint density at radius 2 is 2.05 bits per heavy atom. The Hall–Kier alpha value is -1.88. The van der Waals surface area contributed by atoms with Crippen molar-refractivity contribution < 1.29 is 14.7 Å². The Bertz CT molecular complexity index is 441. The monoisotopic (exact) mass is 262 g/mol. The number of amides is 1. The number of carbonyl (C=O) groups excluding carboxylic acids is 1. The second kappa shape index (κ2) is 6.33. The molecule has 1 atom stereocenters. The molecule has 19 heavy (non-hydrogen) atoms. The summed E-state index contributed by atoms with van der Waals surface area (Å²) >= 11 is 0. The molecule has 0 radical (unpaired) electrons. The third-order valence-electron chi connectivity index (χ3n) is 3.25. The number of carboxylic acid groups (broad SMARTS) is 1. The molecule has 0 aliphatic carbocycles. The summed E-state index contributed by atoms with van der Waals surface area (Å²) in [5.41, 5.74) is 0.632. The summed E-state index contributed by atoms with van der Waals surface area (Å²) in [6.07, 6.45) is 2.39. The molecule has 0 saturated carbocycles. The van der Waals surface area contributed by atoms with E-state index in [1.54, 1.807) is 24.3 Å². The van der Waals surface area contributed by atoms with Crippen LogP contribution in [0.5, 0.6) is 0 Å². The van der Waals surface area contributed by atoms with E-state index in [0.717, 1.165) is 19.4 Å². The van der Waals surface area contributed by atoms with Crippen LogP contribution in [0.1, 0.15) is 19.3 Å². The highest BCUT2D eigenvalue weighted by atomic mass is 16.4. The first-order chi connectivity index (χ1) is 9.16. The van der Waals surface area contributed by atoms with E-state index in [-0.39, 0.29) is 18.5 Å². The zero-order valence-electron chi connectivity index (χ0n) is 10.7. The highest BCUT2D eigenvalue weighted by Crippen LogP contribution is 2.17. The smallest absolute Gasteiger partial charge is 0.323 e. The van der Waals surface area contributed by atoms with E-state index >= 15 is 0 Å². The number of anilines is 1. The molecule has 1 amide bonds. The van der Waals surface area contributed by atoms with Gasteiger partial charge in [0.25, 0.3) is 0 Å². The summed E-state index contributed by atoms with van der Waals surface area (Å²) in [6, 6.07) is 9.11. The van der Waals surface area contributed by atoms with Gasteiger partial charge in [0.2, 0.25) is 5.91 Å². The van der Waals surface area contributed by atoms with Gasteiger partial charge in [-0.15, -0.1) is 0 Å². The van der Waals surface area contributed by atoms with Crippen molar-refractivity contribution in [3.8, 4) is 0 Å². The molecule has 1 unspecified atom stereocenters. The average molecular weight is 262 g/mol. The minimum Gasteiger partial charge on any atom is -0.480 e. The van der Waals surface area contributed by atoms with E-state index in [4.69, 9.17) is 5.11 Å². The molecule has 1 saturated heterocycles. The lowest BCUT2D eigenvalue weighted by atomic mass is 10.1. The minimum absolute atomic E-state index is 0.145. The normalized spacial score (nSPS) is 18.2. The van der Waals surface area contributed by atoms with Crippen molar-refractivity contribution in [1.29, 1.82) is 0 Å². The van der Waals surface area contributed by atoms with Crippen LogP contribution in [-0.4, -0.2) is 36.1 Å². The predicted octanol–water partition coefficient (Wildman–Crippen LogP) is 1.25. The first kappa shape index (κ1) is 13.5. The molecular weight excluding hydrogens is 244 g/mol. The number of para-hydroxylation sites is 1. The molecule has 1 aliphatic heterocycles. The van der Waals surface area contributed by atoms with E-state index in [1.165, 1.54) is 4.90 Å². The molecule has 102 valence electrons. The van der Waals surface area contributed by atoms with Crippen LogP contribution in [0.3, 0.4) is 0 Å². The Kier molecular flexibility index (Phi) is 4.52. The highest BCUT2D eigenvalue weighted by molar-refractivity contribution is 5.97. The predicted molar refractivity (Wildman–Crippen MR) is 72.1 cm³/mol. The minimum atomic E-state index is -1.00. The molecule has 0 bridgehead atoms. The van der Waals surface area contributed by atoms with Gasteiger partial charge in [0.05, 0.1) is 0 Å². The van der Waals surface area contributed by atoms with Crippen LogP contribution in [0.2, 0.25) is 0 Å². The number of hydrogen-bond acceptors (Lipinski definition) is 3. The van der Waals surface area contributed by atoms with E-state index < -0.39 is 5.97 Å². The standard InChI is InChI=1S/C14H18N2O3/c17-13(9-11-5-4-8-15-11)16(10-14(18)19)12-6-2-1-3-7-12/h1-3,6-7,11,15H,4-5,8-10H2,(H,18,19). The van der Waals surface area contributed by atoms with Crippen LogP contribution in [0.4, 0.5) is 5.69 Å². The van der Waals surface area contributed by atoms with Crippen LogP contribution in [0.25, 0.3) is 0 Å². The summed E-state index contributed by atoms with van der Waals surface area (Å²) in [4.78, 5) is 24.5. The average Bonchev–Trinajstić information content (AvgIpc) is 2.89. The number of hydrogen-bond donors (Lipinski definition) is 2. The number of benzene rings is 1. The van der Waals surface area contributed by atoms with Crippen molar-refractivity contribution in [2.24, 2.45) is 0 Å². The van der Waals surface area contributed by atoms with Gasteiger partial charge in [-0.1, -0.05) is 18.2 Å².